The van der Waals surface area contributed by atoms with Gasteiger partial charge in [-0.25, -0.2) is 9.18 Å². The molecule has 0 amide bonds. The van der Waals surface area contributed by atoms with Gasteiger partial charge >= 0.3 is 5.97 Å². The van der Waals surface area contributed by atoms with E-state index < -0.39 is 28.0 Å². The van der Waals surface area contributed by atoms with Crippen molar-refractivity contribution in [2.24, 2.45) is 0 Å². The summed E-state index contributed by atoms with van der Waals surface area (Å²) in [5.74, 6) is -2.28. The fourth-order valence-corrected chi connectivity index (χ4v) is 2.03. The number of carbonyl (C=O) groups is 1. The summed E-state index contributed by atoms with van der Waals surface area (Å²) in [5, 5.41) is 22.6. The highest BCUT2D eigenvalue weighted by molar-refractivity contribution is 5.93. The summed E-state index contributed by atoms with van der Waals surface area (Å²) in [4.78, 5) is 20.9. The first-order valence-corrected chi connectivity index (χ1v) is 6.84. The predicted octanol–water partition coefficient (Wildman–Crippen LogP) is 3.81. The summed E-state index contributed by atoms with van der Waals surface area (Å²) in [5.41, 5.74) is -1.30. The van der Waals surface area contributed by atoms with Gasteiger partial charge in [-0.2, -0.15) is 0 Å². The van der Waals surface area contributed by atoms with E-state index >= 15 is 0 Å². The molecule has 21 heavy (non-hydrogen) atoms. The summed E-state index contributed by atoms with van der Waals surface area (Å²) >= 11 is 0. The average molecular weight is 298 g/mol. The van der Waals surface area contributed by atoms with E-state index in [1.54, 1.807) is 0 Å². The minimum atomic E-state index is -1.46. The molecule has 0 aliphatic carbocycles. The zero-order valence-corrected chi connectivity index (χ0v) is 12.1. The minimum Gasteiger partial charge on any atom is -0.477 e. The zero-order chi connectivity index (χ0) is 16.0. The Kier molecular flexibility index (Phi) is 6.08. The van der Waals surface area contributed by atoms with Crippen molar-refractivity contribution >= 4 is 17.3 Å². The SMILES string of the molecule is CCCCCC(C)Nc1cc(C(=O)O)c([N+](=O)[O-])cc1F. The number of nitro groups is 1. The molecule has 0 heterocycles. The molecule has 0 aliphatic heterocycles. The van der Waals surface area contributed by atoms with E-state index in [4.69, 9.17) is 5.11 Å². The maximum absolute atomic E-state index is 13.8. The molecule has 7 heteroatoms. The quantitative estimate of drug-likeness (QED) is 0.432. The van der Waals surface area contributed by atoms with Gasteiger partial charge in [0.2, 0.25) is 0 Å². The summed E-state index contributed by atoms with van der Waals surface area (Å²) in [6, 6.07) is 1.57. The van der Waals surface area contributed by atoms with Gasteiger partial charge in [0.15, 0.2) is 5.82 Å². The van der Waals surface area contributed by atoms with Crippen molar-refractivity contribution in [1.82, 2.24) is 0 Å². The number of unbranched alkanes of at least 4 members (excludes halogenated alkanes) is 2. The van der Waals surface area contributed by atoms with E-state index in [0.717, 1.165) is 31.7 Å². The number of rotatable bonds is 8. The highest BCUT2D eigenvalue weighted by atomic mass is 19.1. The van der Waals surface area contributed by atoms with Crippen molar-refractivity contribution in [3.63, 3.8) is 0 Å². The van der Waals surface area contributed by atoms with Gasteiger partial charge in [0.05, 0.1) is 16.7 Å². The highest BCUT2D eigenvalue weighted by Crippen LogP contribution is 2.27. The number of hydrogen-bond acceptors (Lipinski definition) is 4. The maximum Gasteiger partial charge on any atom is 0.342 e. The molecule has 0 saturated heterocycles. The monoisotopic (exact) mass is 298 g/mol. The molecule has 1 unspecified atom stereocenters. The molecular formula is C14H19FN2O4. The van der Waals surface area contributed by atoms with Crippen LogP contribution < -0.4 is 5.32 Å². The number of anilines is 1. The topological polar surface area (TPSA) is 92.5 Å². The van der Waals surface area contributed by atoms with E-state index in [-0.39, 0.29) is 11.7 Å². The van der Waals surface area contributed by atoms with Gasteiger partial charge in [-0.15, -0.1) is 0 Å². The van der Waals surface area contributed by atoms with Crippen LogP contribution in [0.15, 0.2) is 12.1 Å². The van der Waals surface area contributed by atoms with Crippen molar-refractivity contribution in [1.29, 1.82) is 0 Å². The molecule has 1 aromatic rings. The Hall–Kier alpha value is -2.18. The maximum atomic E-state index is 13.8. The number of carboxylic acid groups (broad SMARTS) is 1. The van der Waals surface area contributed by atoms with Crippen LogP contribution in [0.1, 0.15) is 49.9 Å². The van der Waals surface area contributed by atoms with Crippen molar-refractivity contribution in [3.05, 3.63) is 33.6 Å². The number of aromatic carboxylic acids is 1. The largest absolute Gasteiger partial charge is 0.477 e. The molecule has 6 nitrogen and oxygen atoms in total. The summed E-state index contributed by atoms with van der Waals surface area (Å²) in [7, 11) is 0. The second-order valence-corrected chi connectivity index (χ2v) is 4.95. The third-order valence-electron chi connectivity index (χ3n) is 3.16. The number of nitrogens with one attached hydrogen (secondary N) is 1. The number of nitrogens with zero attached hydrogens (tertiary/aromatic N) is 1. The Morgan fingerprint density at radius 2 is 2.14 bits per heavy atom. The molecule has 0 bridgehead atoms. The lowest BCUT2D eigenvalue weighted by Crippen LogP contribution is -2.17. The van der Waals surface area contributed by atoms with Gasteiger partial charge in [-0.1, -0.05) is 26.2 Å². The van der Waals surface area contributed by atoms with Crippen LogP contribution in [0.4, 0.5) is 15.8 Å². The molecule has 1 rings (SSSR count). The molecule has 1 atom stereocenters. The Balaban J connectivity index is 2.95. The van der Waals surface area contributed by atoms with E-state index in [1.165, 1.54) is 0 Å². The normalized spacial score (nSPS) is 12.0. The van der Waals surface area contributed by atoms with E-state index in [2.05, 4.69) is 12.2 Å². The molecular weight excluding hydrogens is 279 g/mol. The lowest BCUT2D eigenvalue weighted by atomic mass is 10.1. The fraction of sp³-hybridized carbons (Fsp3) is 0.500. The van der Waals surface area contributed by atoms with Crippen LogP contribution in [0.2, 0.25) is 0 Å². The lowest BCUT2D eigenvalue weighted by molar-refractivity contribution is -0.385. The molecule has 116 valence electrons. The second-order valence-electron chi connectivity index (χ2n) is 4.95. The van der Waals surface area contributed by atoms with E-state index in [9.17, 15) is 19.3 Å². The van der Waals surface area contributed by atoms with Crippen molar-refractivity contribution in [2.45, 2.75) is 45.6 Å². The minimum absolute atomic E-state index is 0.0259. The van der Waals surface area contributed by atoms with Crippen LogP contribution in [-0.4, -0.2) is 22.0 Å². The van der Waals surface area contributed by atoms with E-state index in [1.807, 2.05) is 6.92 Å². The number of halogens is 1. The van der Waals surface area contributed by atoms with Gasteiger partial charge in [0.25, 0.3) is 5.69 Å². The van der Waals surface area contributed by atoms with Crippen molar-refractivity contribution < 1.29 is 19.2 Å². The Bertz CT molecular complexity index is 534. The van der Waals surface area contributed by atoms with Gasteiger partial charge in [-0.3, -0.25) is 10.1 Å². The molecule has 0 aromatic heterocycles. The van der Waals surface area contributed by atoms with Crippen LogP contribution in [0, 0.1) is 15.9 Å². The molecule has 0 fully saturated rings. The van der Waals surface area contributed by atoms with Gasteiger partial charge in [0, 0.05) is 6.04 Å². The van der Waals surface area contributed by atoms with Crippen LogP contribution in [0.5, 0.6) is 0 Å². The molecule has 0 aliphatic rings. The average Bonchev–Trinajstić information content (AvgIpc) is 2.40. The zero-order valence-electron chi connectivity index (χ0n) is 12.1. The standard InChI is InChI=1S/C14H19FN2O4/c1-3-4-5-6-9(2)16-12-7-10(14(18)19)13(17(20)21)8-11(12)15/h7-9,16H,3-6H2,1-2H3,(H,18,19). The summed E-state index contributed by atoms with van der Waals surface area (Å²) < 4.78 is 13.8. The third-order valence-corrected chi connectivity index (χ3v) is 3.16. The van der Waals surface area contributed by atoms with Gasteiger partial charge in [-0.05, 0) is 19.4 Å². The molecule has 1 aromatic carbocycles. The van der Waals surface area contributed by atoms with Crippen LogP contribution in [0.25, 0.3) is 0 Å². The fourth-order valence-electron chi connectivity index (χ4n) is 2.03. The first-order chi connectivity index (χ1) is 9.86. The third kappa shape index (κ3) is 4.70. The number of hydrogen-bond donors (Lipinski definition) is 2. The predicted molar refractivity (Wildman–Crippen MR) is 77.2 cm³/mol. The lowest BCUT2D eigenvalue weighted by Gasteiger charge is -2.16. The second kappa shape index (κ2) is 7.56. The van der Waals surface area contributed by atoms with Crippen LogP contribution in [0.3, 0.4) is 0 Å². The number of nitro benzene ring substituents is 1. The van der Waals surface area contributed by atoms with Crippen molar-refractivity contribution in [3.8, 4) is 0 Å². The molecule has 2 N–H and O–H groups in total. The van der Waals surface area contributed by atoms with Gasteiger partial charge in [0.1, 0.15) is 5.56 Å². The smallest absolute Gasteiger partial charge is 0.342 e. The summed E-state index contributed by atoms with van der Waals surface area (Å²) in [6.45, 7) is 3.93. The Labute approximate surface area is 122 Å². The highest BCUT2D eigenvalue weighted by Gasteiger charge is 2.23. The first kappa shape index (κ1) is 16.9. The van der Waals surface area contributed by atoms with Crippen LogP contribution in [-0.2, 0) is 0 Å². The summed E-state index contributed by atoms with van der Waals surface area (Å²) in [6.07, 6.45) is 3.93. The Morgan fingerprint density at radius 1 is 1.48 bits per heavy atom. The number of benzene rings is 1. The first-order valence-electron chi connectivity index (χ1n) is 6.84. The molecule has 0 radical (unpaired) electrons. The molecule has 0 saturated carbocycles. The number of carboxylic acids is 1. The Morgan fingerprint density at radius 3 is 2.67 bits per heavy atom. The van der Waals surface area contributed by atoms with E-state index in [0.29, 0.717) is 6.07 Å². The van der Waals surface area contributed by atoms with Gasteiger partial charge < -0.3 is 10.4 Å². The molecule has 0 spiro atoms. The van der Waals surface area contributed by atoms with Crippen molar-refractivity contribution in [2.75, 3.05) is 5.32 Å². The van der Waals surface area contributed by atoms with Crippen LogP contribution >= 0.6 is 0 Å².